The molecule has 156 valence electrons. The Morgan fingerprint density at radius 2 is 1.94 bits per heavy atom. The molecule has 0 bridgehead atoms. The first kappa shape index (κ1) is 20.2. The van der Waals surface area contributed by atoms with Gasteiger partial charge in [-0.15, -0.1) is 0 Å². The maximum Gasteiger partial charge on any atom is 0.256 e. The molecule has 2 atom stereocenters. The lowest BCUT2D eigenvalue weighted by Crippen LogP contribution is -2.44. The zero-order valence-electron chi connectivity index (χ0n) is 16.4. The molecule has 0 N–H and O–H groups in total. The van der Waals surface area contributed by atoms with Gasteiger partial charge < -0.3 is 4.74 Å². The van der Waals surface area contributed by atoms with Crippen LogP contribution in [0.25, 0.3) is 11.1 Å². The molecule has 8 nitrogen and oxygen atoms in total. The lowest BCUT2D eigenvalue weighted by atomic mass is 9.94. The van der Waals surface area contributed by atoms with Crippen LogP contribution >= 0.6 is 0 Å². The number of nitrogens with zero attached hydrogens (tertiary/aromatic N) is 3. The second kappa shape index (κ2) is 7.65. The maximum absolute atomic E-state index is 15.0. The van der Waals surface area contributed by atoms with E-state index in [0.717, 1.165) is 4.90 Å². The van der Waals surface area contributed by atoms with E-state index in [4.69, 9.17) is 4.74 Å². The topological polar surface area (TPSA) is 114 Å². The van der Waals surface area contributed by atoms with Gasteiger partial charge in [-0.25, -0.2) is 4.39 Å². The summed E-state index contributed by atoms with van der Waals surface area (Å²) < 4.78 is 20.2. The third-order valence-corrected chi connectivity index (χ3v) is 5.56. The number of anilines is 1. The van der Waals surface area contributed by atoms with Crippen LogP contribution in [-0.4, -0.2) is 36.3 Å². The highest BCUT2D eigenvalue weighted by Gasteiger charge is 2.51. The summed E-state index contributed by atoms with van der Waals surface area (Å²) in [5, 5.41) is 20.7. The zero-order valence-corrected chi connectivity index (χ0v) is 16.4. The summed E-state index contributed by atoms with van der Waals surface area (Å²) in [6.07, 6.45) is -0.239. The molecule has 31 heavy (non-hydrogen) atoms. The van der Waals surface area contributed by atoms with Crippen molar-refractivity contribution < 1.29 is 23.6 Å². The van der Waals surface area contributed by atoms with Crippen LogP contribution in [0.5, 0.6) is 5.75 Å². The molecule has 0 spiro atoms. The minimum Gasteiger partial charge on any atom is -0.497 e. The van der Waals surface area contributed by atoms with E-state index in [-0.39, 0.29) is 23.3 Å². The first-order valence-electron chi connectivity index (χ1n) is 9.42. The molecule has 1 amide bonds. The van der Waals surface area contributed by atoms with Crippen molar-refractivity contribution in [3.63, 3.8) is 0 Å². The fourth-order valence-electron chi connectivity index (χ4n) is 4.08. The van der Waals surface area contributed by atoms with Gasteiger partial charge in [0, 0.05) is 16.9 Å². The second-order valence-corrected chi connectivity index (χ2v) is 7.26. The van der Waals surface area contributed by atoms with Gasteiger partial charge in [0.15, 0.2) is 5.78 Å². The number of amides is 1. The Labute approximate surface area is 176 Å². The van der Waals surface area contributed by atoms with Gasteiger partial charge in [0.1, 0.15) is 11.6 Å². The molecular formula is C22H16FN3O5. The SMILES string of the molecule is COc1cccc(-c2ccc(N3CC(=O)C4=C(C3=O)C(C#N)CC4[N+](=O)[O-])c(F)c2)c1. The maximum atomic E-state index is 15.0. The van der Waals surface area contributed by atoms with Gasteiger partial charge in [0.05, 0.1) is 36.9 Å². The normalized spacial score (nSPS) is 20.5. The summed E-state index contributed by atoms with van der Waals surface area (Å²) in [4.78, 5) is 37.3. The number of benzene rings is 2. The third-order valence-electron chi connectivity index (χ3n) is 5.56. The number of halogens is 1. The molecule has 0 aromatic heterocycles. The van der Waals surface area contributed by atoms with Crippen molar-refractivity contribution in [2.75, 3.05) is 18.6 Å². The van der Waals surface area contributed by atoms with Crippen molar-refractivity contribution in [3.05, 3.63) is 69.5 Å². The lowest BCUT2D eigenvalue weighted by Gasteiger charge is -2.28. The third kappa shape index (κ3) is 3.32. The number of methoxy groups -OCH3 is 1. The van der Waals surface area contributed by atoms with E-state index >= 15 is 4.39 Å². The van der Waals surface area contributed by atoms with Crippen LogP contribution in [0.15, 0.2) is 53.6 Å². The van der Waals surface area contributed by atoms with Crippen molar-refractivity contribution in [1.82, 2.24) is 0 Å². The van der Waals surface area contributed by atoms with Crippen LogP contribution in [-0.2, 0) is 9.59 Å². The van der Waals surface area contributed by atoms with E-state index in [0.29, 0.717) is 16.9 Å². The van der Waals surface area contributed by atoms with Crippen molar-refractivity contribution in [2.24, 2.45) is 5.92 Å². The van der Waals surface area contributed by atoms with Crippen molar-refractivity contribution in [1.29, 1.82) is 5.26 Å². The number of ether oxygens (including phenoxy) is 1. The van der Waals surface area contributed by atoms with Crippen LogP contribution in [0.4, 0.5) is 10.1 Å². The van der Waals surface area contributed by atoms with Gasteiger partial charge in [0.2, 0.25) is 6.04 Å². The molecule has 2 unspecified atom stereocenters. The van der Waals surface area contributed by atoms with Crippen LogP contribution < -0.4 is 9.64 Å². The summed E-state index contributed by atoms with van der Waals surface area (Å²) in [5.41, 5.74) is 0.686. The minimum absolute atomic E-state index is 0.127. The number of ketones is 1. The molecule has 2 aromatic carbocycles. The van der Waals surface area contributed by atoms with Crippen molar-refractivity contribution in [2.45, 2.75) is 12.5 Å². The van der Waals surface area contributed by atoms with Gasteiger partial charge in [-0.05, 0) is 35.4 Å². The standard InChI is InChI=1S/C22H16FN3O5/c1-31-15-4-2-3-12(7-15)13-5-6-17(16(23)8-13)25-11-19(27)21-18(26(29)30)9-14(10-24)20(21)22(25)28/h2-8,14,18H,9,11H2,1H3. The van der Waals surface area contributed by atoms with Crippen LogP contribution in [0.3, 0.4) is 0 Å². The predicted molar refractivity (Wildman–Crippen MR) is 107 cm³/mol. The molecule has 2 aliphatic rings. The largest absolute Gasteiger partial charge is 0.497 e. The van der Waals surface area contributed by atoms with E-state index in [1.807, 2.05) is 6.07 Å². The van der Waals surface area contributed by atoms with Crippen molar-refractivity contribution in [3.8, 4) is 22.9 Å². The van der Waals surface area contributed by atoms with Crippen LogP contribution in [0, 0.1) is 33.2 Å². The Kier molecular flexibility index (Phi) is 4.99. The molecule has 1 aliphatic carbocycles. The average Bonchev–Trinajstić information content (AvgIpc) is 3.17. The summed E-state index contributed by atoms with van der Waals surface area (Å²) in [7, 11) is 1.52. The van der Waals surface area contributed by atoms with E-state index in [1.54, 1.807) is 30.3 Å². The summed E-state index contributed by atoms with van der Waals surface area (Å²) >= 11 is 0. The predicted octanol–water partition coefficient (Wildman–Crippen LogP) is 2.90. The molecular weight excluding hydrogens is 405 g/mol. The molecule has 2 aromatic rings. The Balaban J connectivity index is 1.72. The summed E-state index contributed by atoms with van der Waals surface area (Å²) in [6.45, 7) is -0.518. The Bertz CT molecular complexity index is 1200. The molecule has 0 fully saturated rings. The first-order valence-corrected chi connectivity index (χ1v) is 9.42. The molecule has 1 aliphatic heterocycles. The Hall–Kier alpha value is -4.06. The quantitative estimate of drug-likeness (QED) is 0.554. The van der Waals surface area contributed by atoms with Crippen LogP contribution in [0.1, 0.15) is 6.42 Å². The van der Waals surface area contributed by atoms with Gasteiger partial charge in [-0.3, -0.25) is 24.6 Å². The fourth-order valence-corrected chi connectivity index (χ4v) is 4.08. The smallest absolute Gasteiger partial charge is 0.256 e. The number of nitriles is 1. The van der Waals surface area contributed by atoms with E-state index in [9.17, 15) is 25.0 Å². The minimum atomic E-state index is -1.39. The number of nitro groups is 1. The molecule has 0 saturated heterocycles. The molecule has 4 rings (SSSR count). The monoisotopic (exact) mass is 421 g/mol. The van der Waals surface area contributed by atoms with Gasteiger partial charge in [-0.2, -0.15) is 5.26 Å². The zero-order chi connectivity index (χ0) is 22.3. The average molecular weight is 421 g/mol. The summed E-state index contributed by atoms with van der Waals surface area (Å²) in [5.74, 6) is -2.61. The van der Waals surface area contributed by atoms with Gasteiger partial charge in [-0.1, -0.05) is 18.2 Å². The Morgan fingerprint density at radius 1 is 1.19 bits per heavy atom. The number of Topliss-reactive ketones (excluding diaryl/α,β-unsaturated/α-hetero) is 1. The van der Waals surface area contributed by atoms with E-state index < -0.39 is 40.9 Å². The number of carbonyl (C=O) groups is 2. The second-order valence-electron chi connectivity index (χ2n) is 7.26. The Morgan fingerprint density at radius 3 is 2.58 bits per heavy atom. The molecule has 1 heterocycles. The van der Waals surface area contributed by atoms with Crippen LogP contribution in [0.2, 0.25) is 0 Å². The first-order chi connectivity index (χ1) is 14.8. The summed E-state index contributed by atoms with van der Waals surface area (Å²) in [6, 6.07) is 11.7. The molecule has 0 radical (unpaired) electrons. The number of carbonyl (C=O) groups excluding carboxylic acids is 2. The highest BCUT2D eigenvalue weighted by Crippen LogP contribution is 2.40. The highest BCUT2D eigenvalue weighted by atomic mass is 19.1. The fraction of sp³-hybridized carbons (Fsp3) is 0.227. The number of hydrogen-bond acceptors (Lipinski definition) is 6. The van der Waals surface area contributed by atoms with Crippen molar-refractivity contribution >= 4 is 17.4 Å². The van der Waals surface area contributed by atoms with E-state index in [1.165, 1.54) is 19.2 Å². The molecule has 9 heteroatoms. The van der Waals surface area contributed by atoms with Gasteiger partial charge >= 0.3 is 0 Å². The number of hydrogen-bond donors (Lipinski definition) is 0. The lowest BCUT2D eigenvalue weighted by molar-refractivity contribution is -0.511. The van der Waals surface area contributed by atoms with E-state index in [2.05, 4.69) is 0 Å². The highest BCUT2D eigenvalue weighted by molar-refractivity contribution is 6.20. The number of rotatable bonds is 4. The molecule has 0 saturated carbocycles. The van der Waals surface area contributed by atoms with Gasteiger partial charge in [0.25, 0.3) is 5.91 Å².